The number of nitrogens with one attached hydrogen (secondary N) is 1. The van der Waals surface area contributed by atoms with Crippen LogP contribution in [0, 0.1) is 23.2 Å². The third-order valence-corrected chi connectivity index (χ3v) is 4.37. The lowest BCUT2D eigenvalue weighted by molar-refractivity contribution is -0.635. The summed E-state index contributed by atoms with van der Waals surface area (Å²) >= 11 is 0. The van der Waals surface area contributed by atoms with E-state index in [1.54, 1.807) is 0 Å². The summed E-state index contributed by atoms with van der Waals surface area (Å²) < 4.78 is 15.4. The first-order chi connectivity index (χ1) is 11.3. The standard InChI is InChI=1S/C16H19FN4O3/c1-9-8-19(5-4-18-9)13-7-15-14(6-12(13)17)21(24)16(11(3)22)10(2)20(15)23/h6-7,9,18H,4-5,8H2,1-3H3. The second-order valence-electron chi connectivity index (χ2n) is 6.17. The van der Waals surface area contributed by atoms with Crippen molar-refractivity contribution in [1.82, 2.24) is 5.32 Å². The lowest BCUT2D eigenvalue weighted by atomic mass is 10.1. The van der Waals surface area contributed by atoms with Crippen LogP contribution in [-0.2, 0) is 0 Å². The first kappa shape index (κ1) is 16.4. The van der Waals surface area contributed by atoms with Crippen LogP contribution in [0.1, 0.15) is 30.0 Å². The highest BCUT2D eigenvalue weighted by Crippen LogP contribution is 2.24. The van der Waals surface area contributed by atoms with Crippen LogP contribution in [0.25, 0.3) is 11.0 Å². The number of hydrogen-bond donors (Lipinski definition) is 1. The molecule has 0 saturated carbocycles. The van der Waals surface area contributed by atoms with Gasteiger partial charge in [0.15, 0.2) is 5.82 Å². The second kappa shape index (κ2) is 5.86. The molecular weight excluding hydrogens is 315 g/mol. The highest BCUT2D eigenvalue weighted by Gasteiger charge is 2.30. The molecular formula is C16H19FN4O3. The van der Waals surface area contributed by atoms with Crippen LogP contribution in [0.15, 0.2) is 12.1 Å². The molecule has 128 valence electrons. The van der Waals surface area contributed by atoms with Gasteiger partial charge in [-0.25, -0.2) is 4.39 Å². The van der Waals surface area contributed by atoms with Gasteiger partial charge >= 0.3 is 5.69 Å². The molecule has 1 aromatic carbocycles. The van der Waals surface area contributed by atoms with Crippen molar-refractivity contribution in [3.63, 3.8) is 0 Å². The maximum atomic E-state index is 14.6. The quantitative estimate of drug-likeness (QED) is 0.492. The number of benzene rings is 1. The van der Waals surface area contributed by atoms with E-state index in [2.05, 4.69) is 5.32 Å². The molecule has 1 aliphatic rings. The molecule has 7 nitrogen and oxygen atoms in total. The molecule has 0 radical (unpaired) electrons. The van der Waals surface area contributed by atoms with E-state index < -0.39 is 11.6 Å². The molecule has 1 aromatic heterocycles. The number of fused-ring (bicyclic) bond motifs is 1. The molecule has 3 rings (SSSR count). The number of carbonyl (C=O) groups is 1. The van der Waals surface area contributed by atoms with Gasteiger partial charge in [0.25, 0.3) is 16.7 Å². The van der Waals surface area contributed by atoms with E-state index >= 15 is 0 Å². The molecule has 24 heavy (non-hydrogen) atoms. The Morgan fingerprint density at radius 2 is 2.00 bits per heavy atom. The molecule has 2 aromatic rings. The first-order valence-corrected chi connectivity index (χ1v) is 7.79. The minimum atomic E-state index is -0.584. The van der Waals surface area contributed by atoms with Gasteiger partial charge in [0, 0.05) is 45.6 Å². The molecule has 2 heterocycles. The SMILES string of the molecule is CC(=O)c1c(C)[n+]([O-])c2cc(N3CCNC(C)C3)c(F)cc2[n+]1[O-]. The Bertz CT molecular complexity index is 840. The van der Waals surface area contributed by atoms with E-state index in [9.17, 15) is 19.6 Å². The number of Topliss-reactive ketones (excluding diaryl/α,β-unsaturated/α-hetero) is 1. The van der Waals surface area contributed by atoms with Gasteiger partial charge in [0.2, 0.25) is 5.78 Å². The summed E-state index contributed by atoms with van der Waals surface area (Å²) in [6.07, 6.45) is 0. The minimum absolute atomic E-state index is 0.0104. The Balaban J connectivity index is 2.23. The molecule has 1 N–H and O–H groups in total. The van der Waals surface area contributed by atoms with Gasteiger partial charge < -0.3 is 20.6 Å². The average molecular weight is 334 g/mol. The molecule has 1 unspecified atom stereocenters. The van der Waals surface area contributed by atoms with Crippen LogP contribution >= 0.6 is 0 Å². The summed E-state index contributed by atoms with van der Waals surface area (Å²) in [5.74, 6) is -1.12. The van der Waals surface area contributed by atoms with Crippen LogP contribution in [-0.4, -0.2) is 31.5 Å². The zero-order chi connectivity index (χ0) is 17.6. The number of rotatable bonds is 2. The van der Waals surface area contributed by atoms with Crippen molar-refractivity contribution in [2.45, 2.75) is 26.8 Å². The zero-order valence-electron chi connectivity index (χ0n) is 13.8. The van der Waals surface area contributed by atoms with Gasteiger partial charge in [-0.1, -0.05) is 0 Å². The Labute approximate surface area is 138 Å². The van der Waals surface area contributed by atoms with E-state index in [0.717, 1.165) is 6.07 Å². The largest absolute Gasteiger partial charge is 0.618 e. The number of carbonyl (C=O) groups excluding carboxylic acids is 1. The van der Waals surface area contributed by atoms with Gasteiger partial charge in [-0.15, -0.1) is 0 Å². The summed E-state index contributed by atoms with van der Waals surface area (Å²) in [7, 11) is 0. The smallest absolute Gasteiger partial charge is 0.328 e. The first-order valence-electron chi connectivity index (χ1n) is 7.79. The number of nitrogens with zero attached hydrogens (tertiary/aromatic N) is 3. The minimum Gasteiger partial charge on any atom is -0.618 e. The summed E-state index contributed by atoms with van der Waals surface area (Å²) in [6.45, 7) is 6.52. The molecule has 1 aliphatic heterocycles. The molecule has 0 aliphatic carbocycles. The van der Waals surface area contributed by atoms with Crippen LogP contribution in [0.4, 0.5) is 10.1 Å². The van der Waals surface area contributed by atoms with E-state index in [4.69, 9.17) is 0 Å². The molecule has 0 bridgehead atoms. The third kappa shape index (κ3) is 2.52. The number of anilines is 1. The third-order valence-electron chi connectivity index (χ3n) is 4.37. The van der Waals surface area contributed by atoms with E-state index in [1.165, 1.54) is 19.9 Å². The highest BCUT2D eigenvalue weighted by molar-refractivity contribution is 5.92. The fraction of sp³-hybridized carbons (Fsp3) is 0.438. The lowest BCUT2D eigenvalue weighted by Gasteiger charge is -2.33. The number of halogens is 1. The zero-order valence-corrected chi connectivity index (χ0v) is 13.8. The number of aromatic nitrogens is 2. The predicted molar refractivity (Wildman–Crippen MR) is 86.2 cm³/mol. The Hall–Kier alpha value is -2.48. The summed E-state index contributed by atoms with van der Waals surface area (Å²) in [5, 5.41) is 28.1. The topological polar surface area (TPSA) is 86.2 Å². The summed E-state index contributed by atoms with van der Waals surface area (Å²) in [4.78, 5) is 13.5. The summed E-state index contributed by atoms with van der Waals surface area (Å²) in [6, 6.07) is 2.62. The van der Waals surface area contributed by atoms with Crippen LogP contribution in [0.3, 0.4) is 0 Å². The Morgan fingerprint density at radius 1 is 1.33 bits per heavy atom. The normalized spacial score (nSPS) is 18.2. The van der Waals surface area contributed by atoms with Crippen molar-refractivity contribution >= 4 is 22.5 Å². The maximum absolute atomic E-state index is 14.6. The number of piperazine rings is 1. The highest BCUT2D eigenvalue weighted by atomic mass is 19.1. The van der Waals surface area contributed by atoms with Crippen molar-refractivity contribution < 1.29 is 18.6 Å². The van der Waals surface area contributed by atoms with Crippen LogP contribution in [0.5, 0.6) is 0 Å². The fourth-order valence-corrected chi connectivity index (χ4v) is 3.20. The van der Waals surface area contributed by atoms with Crippen molar-refractivity contribution in [2.24, 2.45) is 0 Å². The van der Waals surface area contributed by atoms with Gasteiger partial charge in [-0.3, -0.25) is 4.79 Å². The van der Waals surface area contributed by atoms with Crippen molar-refractivity contribution in [1.29, 1.82) is 0 Å². The molecule has 8 heteroatoms. The summed E-state index contributed by atoms with van der Waals surface area (Å²) in [5.41, 5.74) is -0.0626. The lowest BCUT2D eigenvalue weighted by Crippen LogP contribution is -2.50. The molecule has 1 saturated heterocycles. The van der Waals surface area contributed by atoms with Crippen molar-refractivity contribution in [3.05, 3.63) is 39.8 Å². The molecule has 1 fully saturated rings. The van der Waals surface area contributed by atoms with E-state index in [1.807, 2.05) is 11.8 Å². The average Bonchev–Trinajstić information content (AvgIpc) is 2.52. The maximum Gasteiger partial charge on any atom is 0.328 e. The van der Waals surface area contributed by atoms with Crippen LogP contribution < -0.4 is 19.7 Å². The number of ketones is 1. The van der Waals surface area contributed by atoms with Gasteiger partial charge in [-0.2, -0.15) is 9.46 Å². The molecule has 0 spiro atoms. The van der Waals surface area contributed by atoms with Gasteiger partial charge in [0.05, 0.1) is 11.8 Å². The van der Waals surface area contributed by atoms with Gasteiger partial charge in [-0.05, 0) is 6.92 Å². The number of hydrogen-bond acceptors (Lipinski definition) is 5. The fourth-order valence-electron chi connectivity index (χ4n) is 3.20. The molecule has 0 amide bonds. The van der Waals surface area contributed by atoms with Crippen molar-refractivity contribution in [3.8, 4) is 0 Å². The molecule has 1 atom stereocenters. The van der Waals surface area contributed by atoms with E-state index in [-0.39, 0.29) is 34.2 Å². The Kier molecular flexibility index (Phi) is 4.00. The predicted octanol–water partition coefficient (Wildman–Crippen LogP) is 0.555. The Morgan fingerprint density at radius 3 is 2.62 bits per heavy atom. The monoisotopic (exact) mass is 334 g/mol. The van der Waals surface area contributed by atoms with Crippen molar-refractivity contribution in [2.75, 3.05) is 24.5 Å². The second-order valence-corrected chi connectivity index (χ2v) is 6.17. The van der Waals surface area contributed by atoms with Crippen LogP contribution in [0.2, 0.25) is 0 Å². The van der Waals surface area contributed by atoms with E-state index in [0.29, 0.717) is 29.1 Å². The van der Waals surface area contributed by atoms with Gasteiger partial charge in [0.1, 0.15) is 0 Å².